The van der Waals surface area contributed by atoms with Crippen LogP contribution in [0.1, 0.15) is 10.6 Å². The lowest BCUT2D eigenvalue weighted by atomic mass is 10.2. The van der Waals surface area contributed by atoms with Crippen LogP contribution in [0.25, 0.3) is 0 Å². The number of hydrogen-bond donors (Lipinski definition) is 3. The second kappa shape index (κ2) is 7.19. The van der Waals surface area contributed by atoms with Crippen LogP contribution in [0.15, 0.2) is 34.2 Å². The molecule has 0 saturated carbocycles. The first-order valence-corrected chi connectivity index (χ1v) is 7.64. The van der Waals surface area contributed by atoms with Crippen LogP contribution in [0.3, 0.4) is 0 Å². The van der Waals surface area contributed by atoms with Gasteiger partial charge in [-0.15, -0.1) is 11.3 Å². The lowest BCUT2D eigenvalue weighted by molar-refractivity contribution is -0.136. The van der Waals surface area contributed by atoms with Gasteiger partial charge in [-0.3, -0.25) is 9.78 Å². The molecule has 2 heterocycles. The van der Waals surface area contributed by atoms with Gasteiger partial charge in [0.05, 0.1) is 30.5 Å². The van der Waals surface area contributed by atoms with E-state index in [4.69, 9.17) is 5.11 Å². The van der Waals surface area contributed by atoms with Crippen LogP contribution in [0.4, 0.5) is 10.5 Å². The number of aliphatic carboxylic acids is 1. The number of carboxylic acids is 1. The molecule has 2 rings (SSSR count). The highest BCUT2D eigenvalue weighted by Crippen LogP contribution is 2.19. The topological polar surface area (TPSA) is 91.3 Å². The van der Waals surface area contributed by atoms with Gasteiger partial charge in [-0.05, 0) is 34.1 Å². The number of anilines is 1. The fraction of sp³-hybridized carbons (Fsp3) is 0.154. The van der Waals surface area contributed by atoms with E-state index in [1.165, 1.54) is 6.20 Å². The van der Waals surface area contributed by atoms with Gasteiger partial charge in [0.15, 0.2) is 0 Å². The summed E-state index contributed by atoms with van der Waals surface area (Å²) >= 11 is 4.90. The maximum Gasteiger partial charge on any atom is 0.319 e. The van der Waals surface area contributed by atoms with Crippen molar-refractivity contribution in [3.8, 4) is 0 Å². The van der Waals surface area contributed by atoms with Crippen molar-refractivity contribution in [3.05, 3.63) is 44.8 Å². The van der Waals surface area contributed by atoms with E-state index in [2.05, 4.69) is 31.5 Å². The van der Waals surface area contributed by atoms with Crippen molar-refractivity contribution in [2.24, 2.45) is 0 Å². The smallest absolute Gasteiger partial charge is 0.319 e. The standard InChI is InChI=1S/C13H12BrN3O3S/c14-8-3-11(21-7-8)6-16-13(20)17-10-2-1-9(15-5-10)4-12(18)19/h1-3,5,7H,4,6H2,(H,18,19)(H2,16,17,20). The lowest BCUT2D eigenvalue weighted by Crippen LogP contribution is -2.27. The van der Waals surface area contributed by atoms with Crippen LogP contribution in [0.5, 0.6) is 0 Å². The Hall–Kier alpha value is -1.93. The van der Waals surface area contributed by atoms with Crippen molar-refractivity contribution in [1.29, 1.82) is 0 Å². The summed E-state index contributed by atoms with van der Waals surface area (Å²) in [5.41, 5.74) is 0.950. The second-order valence-corrected chi connectivity index (χ2v) is 6.06. The van der Waals surface area contributed by atoms with Crippen molar-refractivity contribution in [2.45, 2.75) is 13.0 Å². The lowest BCUT2D eigenvalue weighted by Gasteiger charge is -2.06. The third-order valence-corrected chi connectivity index (χ3v) is 4.16. The molecule has 8 heteroatoms. The van der Waals surface area contributed by atoms with Crippen LogP contribution in [-0.4, -0.2) is 22.1 Å². The Morgan fingerprint density at radius 2 is 2.19 bits per heavy atom. The molecular weight excluding hydrogens is 358 g/mol. The zero-order valence-corrected chi connectivity index (χ0v) is 13.2. The average Bonchev–Trinajstić information content (AvgIpc) is 2.84. The summed E-state index contributed by atoms with van der Waals surface area (Å²) < 4.78 is 0.989. The maximum absolute atomic E-state index is 11.7. The van der Waals surface area contributed by atoms with E-state index in [1.807, 2.05) is 11.4 Å². The van der Waals surface area contributed by atoms with Gasteiger partial charge in [0.1, 0.15) is 0 Å². The first kappa shape index (κ1) is 15.5. The molecule has 0 aliphatic heterocycles. The van der Waals surface area contributed by atoms with Gasteiger partial charge in [-0.2, -0.15) is 0 Å². The van der Waals surface area contributed by atoms with E-state index >= 15 is 0 Å². The number of thiophene rings is 1. The van der Waals surface area contributed by atoms with Crippen LogP contribution in [0, 0.1) is 0 Å². The molecule has 0 bridgehead atoms. The fourth-order valence-electron chi connectivity index (χ4n) is 1.55. The molecule has 0 fully saturated rings. The van der Waals surface area contributed by atoms with Gasteiger partial charge in [-0.1, -0.05) is 0 Å². The molecule has 3 N–H and O–H groups in total. The molecule has 0 atom stereocenters. The molecular formula is C13H12BrN3O3S. The summed E-state index contributed by atoms with van der Waals surface area (Å²) in [5.74, 6) is -0.942. The predicted octanol–water partition coefficient (Wildman–Crippen LogP) is 2.85. The molecule has 0 saturated heterocycles. The Morgan fingerprint density at radius 3 is 2.76 bits per heavy atom. The van der Waals surface area contributed by atoms with Crippen molar-refractivity contribution >= 4 is 45.0 Å². The normalized spacial score (nSPS) is 10.1. The van der Waals surface area contributed by atoms with Crippen LogP contribution < -0.4 is 10.6 Å². The van der Waals surface area contributed by atoms with Gasteiger partial charge in [0, 0.05) is 14.7 Å². The van der Waals surface area contributed by atoms with Crippen LogP contribution in [0.2, 0.25) is 0 Å². The highest BCUT2D eigenvalue weighted by Gasteiger charge is 2.05. The third-order valence-electron chi connectivity index (χ3n) is 2.46. The number of nitrogens with zero attached hydrogens (tertiary/aromatic N) is 1. The molecule has 0 aliphatic rings. The van der Waals surface area contributed by atoms with Gasteiger partial charge in [0.2, 0.25) is 0 Å². The highest BCUT2D eigenvalue weighted by molar-refractivity contribution is 9.10. The van der Waals surface area contributed by atoms with Gasteiger partial charge >= 0.3 is 12.0 Å². The molecule has 6 nitrogen and oxygen atoms in total. The summed E-state index contributed by atoms with van der Waals surface area (Å²) in [6.07, 6.45) is 1.29. The molecule has 0 spiro atoms. The van der Waals surface area contributed by atoms with Crippen LogP contribution in [-0.2, 0) is 17.8 Å². The molecule has 110 valence electrons. The molecule has 0 unspecified atom stereocenters. The molecule has 21 heavy (non-hydrogen) atoms. The predicted molar refractivity (Wildman–Crippen MR) is 83.5 cm³/mol. The number of aromatic nitrogens is 1. The monoisotopic (exact) mass is 369 g/mol. The van der Waals surface area contributed by atoms with E-state index in [-0.39, 0.29) is 12.5 Å². The first-order chi connectivity index (χ1) is 10.0. The number of rotatable bonds is 5. The van der Waals surface area contributed by atoms with E-state index < -0.39 is 5.97 Å². The quantitative estimate of drug-likeness (QED) is 0.755. The van der Waals surface area contributed by atoms with Crippen molar-refractivity contribution in [3.63, 3.8) is 0 Å². The Kier molecular flexibility index (Phi) is 5.29. The maximum atomic E-state index is 11.7. The first-order valence-electron chi connectivity index (χ1n) is 5.97. The van der Waals surface area contributed by atoms with E-state index in [9.17, 15) is 9.59 Å². The molecule has 2 aromatic rings. The second-order valence-electron chi connectivity index (χ2n) is 4.15. The SMILES string of the molecule is O=C(O)Cc1ccc(NC(=O)NCc2cc(Br)cs2)cn1. The number of hydrogen-bond acceptors (Lipinski definition) is 4. The van der Waals surface area contributed by atoms with E-state index in [0.717, 1.165) is 9.35 Å². The van der Waals surface area contributed by atoms with Crippen LogP contribution >= 0.6 is 27.3 Å². The van der Waals surface area contributed by atoms with E-state index in [0.29, 0.717) is 17.9 Å². The molecule has 2 amide bonds. The largest absolute Gasteiger partial charge is 0.481 e. The Morgan fingerprint density at radius 1 is 1.38 bits per heavy atom. The number of carboxylic acid groups (broad SMARTS) is 1. The number of pyridine rings is 1. The Bertz CT molecular complexity index is 642. The van der Waals surface area contributed by atoms with Crippen molar-refractivity contribution in [2.75, 3.05) is 5.32 Å². The summed E-state index contributed by atoms with van der Waals surface area (Å²) in [6.45, 7) is 0.437. The number of nitrogens with one attached hydrogen (secondary N) is 2. The number of carbonyl (C=O) groups excluding carboxylic acids is 1. The highest BCUT2D eigenvalue weighted by atomic mass is 79.9. The summed E-state index contributed by atoms with van der Waals surface area (Å²) in [6, 6.07) is 4.78. The third kappa shape index (κ3) is 5.16. The number of halogens is 1. The molecule has 0 aliphatic carbocycles. The number of urea groups is 1. The zero-order valence-electron chi connectivity index (χ0n) is 10.8. The number of amides is 2. The summed E-state index contributed by atoms with van der Waals surface area (Å²) in [5, 5.41) is 15.9. The van der Waals surface area contributed by atoms with Crippen molar-refractivity contribution < 1.29 is 14.7 Å². The minimum atomic E-state index is -0.942. The van der Waals surface area contributed by atoms with E-state index in [1.54, 1.807) is 23.5 Å². The molecule has 0 radical (unpaired) electrons. The number of carbonyl (C=O) groups is 2. The zero-order chi connectivity index (χ0) is 15.2. The van der Waals surface area contributed by atoms with Crippen molar-refractivity contribution in [1.82, 2.24) is 10.3 Å². The summed E-state index contributed by atoms with van der Waals surface area (Å²) in [7, 11) is 0. The minimum Gasteiger partial charge on any atom is -0.481 e. The Labute approximate surface area is 133 Å². The van der Waals surface area contributed by atoms with Gasteiger partial charge in [0.25, 0.3) is 0 Å². The average molecular weight is 370 g/mol. The molecule has 0 aromatic carbocycles. The van der Waals surface area contributed by atoms with Gasteiger partial charge < -0.3 is 15.7 Å². The van der Waals surface area contributed by atoms with Gasteiger partial charge in [-0.25, -0.2) is 4.79 Å². The Balaban J connectivity index is 1.83. The molecule has 2 aromatic heterocycles. The minimum absolute atomic E-state index is 0.139. The fourth-order valence-corrected chi connectivity index (χ4v) is 2.94. The summed E-state index contributed by atoms with van der Waals surface area (Å²) in [4.78, 5) is 27.2.